The molecule has 2 N–H and O–H groups in total. The van der Waals surface area contributed by atoms with Crippen molar-refractivity contribution in [3.05, 3.63) is 65.2 Å². The Balaban J connectivity index is 1.55. The fourth-order valence-corrected chi connectivity index (χ4v) is 6.21. The van der Waals surface area contributed by atoms with Crippen LogP contribution < -0.4 is 14.8 Å². The molecule has 5 rings (SSSR count). The molecule has 2 fully saturated rings. The minimum atomic E-state index is -3.60. The van der Waals surface area contributed by atoms with Gasteiger partial charge in [-0.15, -0.1) is 0 Å². The summed E-state index contributed by atoms with van der Waals surface area (Å²) >= 11 is 0. The Bertz CT molecular complexity index is 1240. The maximum atomic E-state index is 12.9. The lowest BCUT2D eigenvalue weighted by Gasteiger charge is -2.40. The molecule has 0 atom stereocenters. The average Bonchev–Trinajstić information content (AvgIpc) is 3.68. The van der Waals surface area contributed by atoms with Crippen LogP contribution in [0.5, 0.6) is 5.75 Å². The maximum Gasteiger partial charge on any atom is 0.253 e. The zero-order valence-electron chi connectivity index (χ0n) is 20.3. The van der Waals surface area contributed by atoms with E-state index < -0.39 is 15.6 Å². The molecule has 2 aromatic rings. The second-order valence-corrected chi connectivity index (χ2v) is 11.3. The molecule has 1 spiro atoms. The molecule has 7 nitrogen and oxygen atoms in total. The van der Waals surface area contributed by atoms with E-state index in [1.807, 2.05) is 38.1 Å². The molecular weight excluding hydrogens is 462 g/mol. The van der Waals surface area contributed by atoms with E-state index in [2.05, 4.69) is 16.1 Å². The number of nitrogens with zero attached hydrogens (tertiary/aromatic N) is 1. The molecule has 0 aromatic heterocycles. The fourth-order valence-electron chi connectivity index (χ4n) is 4.87. The van der Waals surface area contributed by atoms with Crippen LogP contribution in [-0.4, -0.2) is 57.0 Å². The first-order valence-corrected chi connectivity index (χ1v) is 14.0. The number of fused-ring (bicyclic) bond motifs is 1. The Kier molecular flexibility index (Phi) is 6.46. The van der Waals surface area contributed by atoms with Gasteiger partial charge in [0.1, 0.15) is 11.4 Å². The second kappa shape index (κ2) is 9.41. The van der Waals surface area contributed by atoms with Crippen LogP contribution >= 0.6 is 0 Å². The number of sulfonamides is 1. The largest absolute Gasteiger partial charge is 0.482 e. The van der Waals surface area contributed by atoms with Crippen LogP contribution in [0.25, 0.3) is 5.57 Å². The Hall–Kier alpha value is -2.68. The highest BCUT2D eigenvalue weighted by molar-refractivity contribution is 7.89. The lowest BCUT2D eigenvalue weighted by atomic mass is 9.83. The van der Waals surface area contributed by atoms with Crippen LogP contribution in [0.2, 0.25) is 0 Å². The van der Waals surface area contributed by atoms with E-state index >= 15 is 0 Å². The average molecular weight is 496 g/mol. The zero-order chi connectivity index (χ0) is 24.6. The Morgan fingerprint density at radius 2 is 1.77 bits per heavy atom. The number of hydrogen-bond donors (Lipinski definition) is 2. The van der Waals surface area contributed by atoms with Gasteiger partial charge in [0, 0.05) is 43.1 Å². The smallest absolute Gasteiger partial charge is 0.253 e. The summed E-state index contributed by atoms with van der Waals surface area (Å²) in [6, 6.07) is 12.8. The van der Waals surface area contributed by atoms with Crippen molar-refractivity contribution in [3.8, 4) is 5.75 Å². The third-order valence-corrected chi connectivity index (χ3v) is 8.63. The number of rotatable bonds is 7. The topological polar surface area (TPSA) is 87.7 Å². The molecular formula is C27H33N3O4S. The van der Waals surface area contributed by atoms with Gasteiger partial charge >= 0.3 is 0 Å². The number of carbonyl (C=O) groups excluding carboxylic acids is 1. The van der Waals surface area contributed by atoms with Crippen molar-refractivity contribution in [2.24, 2.45) is 0 Å². The summed E-state index contributed by atoms with van der Waals surface area (Å²) < 4.78 is 35.1. The van der Waals surface area contributed by atoms with Gasteiger partial charge < -0.3 is 15.0 Å². The highest BCUT2D eigenvalue weighted by Gasteiger charge is 2.38. The Labute approximate surface area is 207 Å². The summed E-state index contributed by atoms with van der Waals surface area (Å²) in [5, 5.41) is 3.39. The summed E-state index contributed by atoms with van der Waals surface area (Å²) in [5.74, 6) is 0.704. The molecule has 2 heterocycles. The summed E-state index contributed by atoms with van der Waals surface area (Å²) in [6.45, 7) is 6.98. The third-order valence-electron chi connectivity index (χ3n) is 7.11. The highest BCUT2D eigenvalue weighted by Crippen LogP contribution is 2.43. The minimum Gasteiger partial charge on any atom is -0.482 e. The van der Waals surface area contributed by atoms with Crippen molar-refractivity contribution in [2.75, 3.05) is 26.2 Å². The molecule has 3 aliphatic rings. The quantitative estimate of drug-likeness (QED) is 0.613. The van der Waals surface area contributed by atoms with Crippen molar-refractivity contribution < 1.29 is 17.9 Å². The summed E-state index contributed by atoms with van der Waals surface area (Å²) in [5.41, 5.74) is 2.85. The van der Waals surface area contributed by atoms with Gasteiger partial charge in [0.2, 0.25) is 10.0 Å². The molecule has 0 radical (unpaired) electrons. The van der Waals surface area contributed by atoms with Crippen molar-refractivity contribution in [2.45, 2.75) is 56.1 Å². The summed E-state index contributed by atoms with van der Waals surface area (Å²) in [7, 11) is -3.60. The number of amides is 1. The van der Waals surface area contributed by atoms with Gasteiger partial charge in [0.25, 0.3) is 5.91 Å². The van der Waals surface area contributed by atoms with Crippen LogP contribution in [0.4, 0.5) is 0 Å². The zero-order valence-corrected chi connectivity index (χ0v) is 21.2. The molecule has 1 saturated carbocycles. The van der Waals surface area contributed by atoms with Crippen LogP contribution in [0.3, 0.4) is 0 Å². The van der Waals surface area contributed by atoms with E-state index in [4.69, 9.17) is 4.74 Å². The van der Waals surface area contributed by atoms with Gasteiger partial charge in [-0.3, -0.25) is 4.79 Å². The molecule has 1 aliphatic carbocycles. The molecule has 35 heavy (non-hydrogen) atoms. The third kappa shape index (κ3) is 4.87. The fraction of sp³-hybridized carbons (Fsp3) is 0.444. The predicted octanol–water partition coefficient (Wildman–Crippen LogP) is 3.56. The molecule has 8 heteroatoms. The van der Waals surface area contributed by atoms with Crippen molar-refractivity contribution in [1.82, 2.24) is 14.9 Å². The van der Waals surface area contributed by atoms with E-state index in [0.717, 1.165) is 55.5 Å². The summed E-state index contributed by atoms with van der Waals surface area (Å²) in [6.07, 6.45) is 5.58. The minimum absolute atomic E-state index is 0.0114. The van der Waals surface area contributed by atoms with Gasteiger partial charge in [0.15, 0.2) is 0 Å². The lowest BCUT2D eigenvalue weighted by molar-refractivity contribution is 0.0772. The SMILES string of the molecule is CCN(CC)C(=O)c1ccc(C2=CC3(CCNCC3)Oc3ccc(S(=O)(=O)NC4CC4)cc32)cc1. The van der Waals surface area contributed by atoms with E-state index in [9.17, 15) is 13.2 Å². The van der Waals surface area contributed by atoms with Crippen LogP contribution in [-0.2, 0) is 10.0 Å². The first-order valence-electron chi connectivity index (χ1n) is 12.5. The first-order chi connectivity index (χ1) is 16.8. The number of piperidine rings is 1. The molecule has 0 bridgehead atoms. The van der Waals surface area contributed by atoms with E-state index in [1.54, 1.807) is 23.1 Å². The Morgan fingerprint density at radius 1 is 1.09 bits per heavy atom. The van der Waals surface area contributed by atoms with Crippen molar-refractivity contribution >= 4 is 21.5 Å². The standard InChI is InChI=1S/C27H33N3O4S/c1-3-30(4-2)26(31)20-7-5-19(6-8-20)24-18-27(13-15-28-16-14-27)34-25-12-11-22(17-23(24)25)35(32,33)29-21-9-10-21/h5-8,11-12,17-18,21,28-29H,3-4,9-10,13-16H2,1-2H3. The molecule has 1 saturated heterocycles. The highest BCUT2D eigenvalue weighted by atomic mass is 32.2. The van der Waals surface area contributed by atoms with Crippen molar-refractivity contribution in [1.29, 1.82) is 0 Å². The molecule has 186 valence electrons. The lowest BCUT2D eigenvalue weighted by Crippen LogP contribution is -2.46. The monoisotopic (exact) mass is 495 g/mol. The van der Waals surface area contributed by atoms with E-state index in [1.165, 1.54) is 0 Å². The Morgan fingerprint density at radius 3 is 2.40 bits per heavy atom. The van der Waals surface area contributed by atoms with E-state index in [0.29, 0.717) is 24.4 Å². The normalized spacial score (nSPS) is 19.0. The van der Waals surface area contributed by atoms with Crippen molar-refractivity contribution in [3.63, 3.8) is 0 Å². The summed E-state index contributed by atoms with van der Waals surface area (Å²) in [4.78, 5) is 14.8. The second-order valence-electron chi connectivity index (χ2n) is 9.58. The van der Waals surface area contributed by atoms with Crippen LogP contribution in [0.1, 0.15) is 61.0 Å². The molecule has 2 aromatic carbocycles. The van der Waals surface area contributed by atoms with Gasteiger partial charge in [-0.05, 0) is 87.3 Å². The number of hydrogen-bond acceptors (Lipinski definition) is 5. The van der Waals surface area contributed by atoms with Gasteiger partial charge in [-0.2, -0.15) is 0 Å². The molecule has 0 unspecified atom stereocenters. The molecule has 1 amide bonds. The van der Waals surface area contributed by atoms with Crippen LogP contribution in [0, 0.1) is 0 Å². The number of carbonyl (C=O) groups is 1. The van der Waals surface area contributed by atoms with Gasteiger partial charge in [0.05, 0.1) is 4.90 Å². The number of nitrogens with one attached hydrogen (secondary N) is 2. The first kappa shape index (κ1) is 24.0. The van der Waals surface area contributed by atoms with Gasteiger partial charge in [-0.25, -0.2) is 13.1 Å². The maximum absolute atomic E-state index is 12.9. The number of ether oxygens (including phenoxy) is 1. The van der Waals surface area contributed by atoms with Crippen LogP contribution in [0.15, 0.2) is 53.4 Å². The van der Waals surface area contributed by atoms with Gasteiger partial charge in [-0.1, -0.05) is 12.1 Å². The van der Waals surface area contributed by atoms with E-state index in [-0.39, 0.29) is 16.8 Å². The number of benzene rings is 2. The predicted molar refractivity (Wildman–Crippen MR) is 136 cm³/mol. The molecule has 2 aliphatic heterocycles.